The molecular formula is C12H24N2O2S. The lowest BCUT2D eigenvalue weighted by Crippen LogP contribution is -2.51. The normalized spacial score (nSPS) is 33.9. The molecule has 5 heteroatoms. The fourth-order valence-electron chi connectivity index (χ4n) is 2.98. The lowest BCUT2D eigenvalue weighted by Gasteiger charge is -2.34. The summed E-state index contributed by atoms with van der Waals surface area (Å²) in [5.41, 5.74) is 0. The van der Waals surface area contributed by atoms with Crippen LogP contribution in [-0.2, 0) is 9.84 Å². The van der Waals surface area contributed by atoms with Crippen LogP contribution in [0.3, 0.4) is 0 Å². The molecule has 2 fully saturated rings. The Kier molecular flexibility index (Phi) is 4.44. The van der Waals surface area contributed by atoms with E-state index >= 15 is 0 Å². The van der Waals surface area contributed by atoms with Gasteiger partial charge in [0.15, 0.2) is 9.84 Å². The van der Waals surface area contributed by atoms with Gasteiger partial charge in [-0.3, -0.25) is 0 Å². The van der Waals surface area contributed by atoms with Crippen LogP contribution in [0.25, 0.3) is 0 Å². The highest BCUT2D eigenvalue weighted by molar-refractivity contribution is 7.91. The predicted molar refractivity (Wildman–Crippen MR) is 69.9 cm³/mol. The summed E-state index contributed by atoms with van der Waals surface area (Å²) in [5, 5.41) is 3.53. The molecule has 17 heavy (non-hydrogen) atoms. The Bertz CT molecular complexity index is 340. The second-order valence-corrected chi connectivity index (χ2v) is 7.70. The SMILES string of the molecule is CCCC1CN(CC2CCS(=O)(=O)C2)CCN1. The highest BCUT2D eigenvalue weighted by atomic mass is 32.2. The Balaban J connectivity index is 1.79. The first kappa shape index (κ1) is 13.3. The maximum atomic E-state index is 11.4. The molecule has 2 aliphatic heterocycles. The van der Waals surface area contributed by atoms with E-state index in [-0.39, 0.29) is 0 Å². The lowest BCUT2D eigenvalue weighted by molar-refractivity contribution is 0.174. The molecule has 0 saturated carbocycles. The van der Waals surface area contributed by atoms with Crippen LogP contribution in [0.4, 0.5) is 0 Å². The Labute approximate surface area is 105 Å². The first-order valence-corrected chi connectivity index (χ1v) is 8.57. The van der Waals surface area contributed by atoms with Crippen LogP contribution in [-0.4, -0.2) is 57.0 Å². The monoisotopic (exact) mass is 260 g/mol. The zero-order valence-corrected chi connectivity index (χ0v) is 11.5. The Morgan fingerprint density at radius 2 is 2.24 bits per heavy atom. The lowest BCUT2D eigenvalue weighted by atomic mass is 10.1. The van der Waals surface area contributed by atoms with Crippen molar-refractivity contribution in [1.82, 2.24) is 10.2 Å². The van der Waals surface area contributed by atoms with Crippen molar-refractivity contribution in [3.63, 3.8) is 0 Å². The number of nitrogens with one attached hydrogen (secondary N) is 1. The van der Waals surface area contributed by atoms with E-state index in [1.54, 1.807) is 0 Å². The average Bonchev–Trinajstić information content (AvgIpc) is 2.59. The predicted octanol–water partition coefficient (Wildman–Crippen LogP) is 0.495. The molecule has 2 atom stereocenters. The van der Waals surface area contributed by atoms with E-state index in [1.165, 1.54) is 12.8 Å². The van der Waals surface area contributed by atoms with Crippen molar-refractivity contribution in [2.24, 2.45) is 5.92 Å². The molecule has 4 nitrogen and oxygen atoms in total. The molecule has 2 unspecified atom stereocenters. The molecule has 0 aromatic carbocycles. The summed E-state index contributed by atoms with van der Waals surface area (Å²) in [6, 6.07) is 0.603. The fraction of sp³-hybridized carbons (Fsp3) is 1.00. The van der Waals surface area contributed by atoms with E-state index < -0.39 is 9.84 Å². The van der Waals surface area contributed by atoms with Crippen LogP contribution in [0, 0.1) is 5.92 Å². The summed E-state index contributed by atoms with van der Waals surface area (Å²) in [4.78, 5) is 2.45. The van der Waals surface area contributed by atoms with E-state index in [1.807, 2.05) is 0 Å². The minimum absolute atomic E-state index is 0.375. The van der Waals surface area contributed by atoms with Gasteiger partial charge in [0.05, 0.1) is 11.5 Å². The first-order chi connectivity index (χ1) is 8.09. The van der Waals surface area contributed by atoms with Gasteiger partial charge in [-0.25, -0.2) is 8.42 Å². The molecule has 2 aliphatic rings. The van der Waals surface area contributed by atoms with Gasteiger partial charge in [0.25, 0.3) is 0 Å². The van der Waals surface area contributed by atoms with E-state index in [4.69, 9.17) is 0 Å². The van der Waals surface area contributed by atoms with Gasteiger partial charge in [0.1, 0.15) is 0 Å². The maximum Gasteiger partial charge on any atom is 0.150 e. The van der Waals surface area contributed by atoms with Gasteiger partial charge in [-0.1, -0.05) is 13.3 Å². The van der Waals surface area contributed by atoms with Gasteiger partial charge >= 0.3 is 0 Å². The summed E-state index contributed by atoms with van der Waals surface area (Å²) in [6.07, 6.45) is 3.30. The van der Waals surface area contributed by atoms with Gasteiger partial charge in [-0.2, -0.15) is 0 Å². The summed E-state index contributed by atoms with van der Waals surface area (Å²) in [5.74, 6) is 1.19. The molecule has 1 N–H and O–H groups in total. The van der Waals surface area contributed by atoms with Crippen LogP contribution < -0.4 is 5.32 Å². The zero-order valence-electron chi connectivity index (χ0n) is 10.7. The largest absolute Gasteiger partial charge is 0.311 e. The van der Waals surface area contributed by atoms with Crippen molar-refractivity contribution >= 4 is 9.84 Å². The number of hydrogen-bond acceptors (Lipinski definition) is 4. The standard InChI is InChI=1S/C12H24N2O2S/c1-2-3-12-9-14(6-5-13-12)8-11-4-7-17(15,16)10-11/h11-13H,2-10H2,1H3. The summed E-state index contributed by atoms with van der Waals surface area (Å²) in [6.45, 7) is 6.39. The van der Waals surface area contributed by atoms with Gasteiger partial charge < -0.3 is 10.2 Å². The van der Waals surface area contributed by atoms with Crippen LogP contribution in [0.15, 0.2) is 0 Å². The molecule has 0 radical (unpaired) electrons. The van der Waals surface area contributed by atoms with E-state index in [0.29, 0.717) is 23.5 Å². The number of sulfone groups is 1. The number of rotatable bonds is 4. The Hall–Kier alpha value is -0.130. The Morgan fingerprint density at radius 1 is 1.41 bits per heavy atom. The summed E-state index contributed by atoms with van der Waals surface area (Å²) in [7, 11) is -2.71. The number of nitrogens with zero attached hydrogens (tertiary/aromatic N) is 1. The molecule has 0 aliphatic carbocycles. The topological polar surface area (TPSA) is 49.4 Å². The van der Waals surface area contributed by atoms with E-state index in [9.17, 15) is 8.42 Å². The van der Waals surface area contributed by atoms with Crippen molar-refractivity contribution in [3.8, 4) is 0 Å². The molecular weight excluding hydrogens is 236 g/mol. The third kappa shape index (κ3) is 3.93. The highest BCUT2D eigenvalue weighted by Crippen LogP contribution is 2.20. The summed E-state index contributed by atoms with van der Waals surface area (Å²) < 4.78 is 22.8. The Morgan fingerprint density at radius 3 is 2.88 bits per heavy atom. The third-order valence-electron chi connectivity index (χ3n) is 3.82. The van der Waals surface area contributed by atoms with Crippen molar-refractivity contribution in [3.05, 3.63) is 0 Å². The molecule has 0 aromatic heterocycles. The van der Waals surface area contributed by atoms with Crippen LogP contribution in [0.5, 0.6) is 0 Å². The van der Waals surface area contributed by atoms with Gasteiger partial charge in [-0.05, 0) is 18.8 Å². The van der Waals surface area contributed by atoms with E-state index in [2.05, 4.69) is 17.1 Å². The minimum atomic E-state index is -2.71. The van der Waals surface area contributed by atoms with Gasteiger partial charge in [0.2, 0.25) is 0 Å². The molecule has 2 saturated heterocycles. The smallest absolute Gasteiger partial charge is 0.150 e. The minimum Gasteiger partial charge on any atom is -0.311 e. The maximum absolute atomic E-state index is 11.4. The molecule has 2 heterocycles. The number of hydrogen-bond donors (Lipinski definition) is 1. The molecule has 100 valence electrons. The molecule has 2 rings (SSSR count). The van der Waals surface area contributed by atoms with Crippen LogP contribution >= 0.6 is 0 Å². The second kappa shape index (κ2) is 5.67. The van der Waals surface area contributed by atoms with Gasteiger partial charge in [0, 0.05) is 32.2 Å². The fourth-order valence-corrected chi connectivity index (χ4v) is 4.83. The highest BCUT2D eigenvalue weighted by Gasteiger charge is 2.30. The van der Waals surface area contributed by atoms with Crippen molar-refractivity contribution in [2.45, 2.75) is 32.2 Å². The van der Waals surface area contributed by atoms with Crippen LogP contribution in [0.2, 0.25) is 0 Å². The van der Waals surface area contributed by atoms with E-state index in [0.717, 1.165) is 32.6 Å². The zero-order chi connectivity index (χ0) is 12.3. The second-order valence-electron chi connectivity index (χ2n) is 5.47. The summed E-state index contributed by atoms with van der Waals surface area (Å²) >= 11 is 0. The third-order valence-corrected chi connectivity index (χ3v) is 5.66. The molecule has 0 bridgehead atoms. The first-order valence-electron chi connectivity index (χ1n) is 6.75. The van der Waals surface area contributed by atoms with Crippen molar-refractivity contribution in [1.29, 1.82) is 0 Å². The van der Waals surface area contributed by atoms with Crippen molar-refractivity contribution < 1.29 is 8.42 Å². The average molecular weight is 260 g/mol. The van der Waals surface area contributed by atoms with Crippen molar-refractivity contribution in [2.75, 3.05) is 37.7 Å². The quantitative estimate of drug-likeness (QED) is 0.799. The van der Waals surface area contributed by atoms with Crippen LogP contribution in [0.1, 0.15) is 26.2 Å². The molecule has 0 amide bonds. The van der Waals surface area contributed by atoms with Gasteiger partial charge in [-0.15, -0.1) is 0 Å². The molecule has 0 aromatic rings. The molecule has 0 spiro atoms. The number of piperazine rings is 1.